The van der Waals surface area contributed by atoms with Gasteiger partial charge in [-0.15, -0.1) is 11.8 Å². The highest BCUT2D eigenvalue weighted by Crippen LogP contribution is 2.24. The number of carbonyl (C=O) groups is 1. The van der Waals surface area contributed by atoms with Crippen molar-refractivity contribution in [3.63, 3.8) is 0 Å². The van der Waals surface area contributed by atoms with Gasteiger partial charge in [-0.3, -0.25) is 4.79 Å². The second-order valence-corrected chi connectivity index (χ2v) is 7.00. The van der Waals surface area contributed by atoms with Crippen LogP contribution >= 0.6 is 23.4 Å². The summed E-state index contributed by atoms with van der Waals surface area (Å²) in [6, 6.07) is 8.19. The van der Waals surface area contributed by atoms with E-state index in [-0.39, 0.29) is 5.91 Å². The van der Waals surface area contributed by atoms with Crippen molar-refractivity contribution in [2.75, 3.05) is 5.75 Å². The van der Waals surface area contributed by atoms with E-state index in [0.717, 1.165) is 35.1 Å². The number of hydrogen-bond donors (Lipinski definition) is 1. The SMILES string of the molecule is CC1CCC(NC(=O)CSCc2ccccc2Cl)CC1. The minimum Gasteiger partial charge on any atom is -0.353 e. The monoisotopic (exact) mass is 311 g/mol. The highest BCUT2D eigenvalue weighted by atomic mass is 35.5. The first-order valence-corrected chi connectivity index (χ1v) is 8.79. The van der Waals surface area contributed by atoms with E-state index in [9.17, 15) is 4.79 Å². The van der Waals surface area contributed by atoms with Crippen LogP contribution in [0.1, 0.15) is 38.2 Å². The number of amides is 1. The van der Waals surface area contributed by atoms with E-state index in [1.165, 1.54) is 12.8 Å². The smallest absolute Gasteiger partial charge is 0.230 e. The van der Waals surface area contributed by atoms with E-state index < -0.39 is 0 Å². The number of nitrogens with one attached hydrogen (secondary N) is 1. The van der Waals surface area contributed by atoms with Crippen LogP contribution in [0.3, 0.4) is 0 Å². The molecule has 0 unspecified atom stereocenters. The van der Waals surface area contributed by atoms with Crippen molar-refractivity contribution in [3.8, 4) is 0 Å². The molecular formula is C16H22ClNOS. The fraction of sp³-hybridized carbons (Fsp3) is 0.562. The molecule has 1 N–H and O–H groups in total. The van der Waals surface area contributed by atoms with E-state index in [0.29, 0.717) is 11.8 Å². The predicted molar refractivity (Wildman–Crippen MR) is 87.2 cm³/mol. The summed E-state index contributed by atoms with van der Waals surface area (Å²) in [5.74, 6) is 2.27. The van der Waals surface area contributed by atoms with Gasteiger partial charge in [0.05, 0.1) is 5.75 Å². The summed E-state index contributed by atoms with van der Waals surface area (Å²) in [4.78, 5) is 11.9. The van der Waals surface area contributed by atoms with E-state index in [2.05, 4.69) is 12.2 Å². The fourth-order valence-corrected chi connectivity index (χ4v) is 3.67. The Labute approximate surface area is 130 Å². The largest absolute Gasteiger partial charge is 0.353 e. The average Bonchev–Trinajstić information content (AvgIpc) is 2.43. The zero-order valence-electron chi connectivity index (χ0n) is 11.9. The third-order valence-electron chi connectivity index (χ3n) is 3.83. The Morgan fingerprint density at radius 1 is 1.30 bits per heavy atom. The van der Waals surface area contributed by atoms with Gasteiger partial charge in [-0.1, -0.05) is 36.7 Å². The number of halogens is 1. The molecule has 1 aromatic carbocycles. The zero-order valence-corrected chi connectivity index (χ0v) is 13.5. The molecule has 0 aromatic heterocycles. The summed E-state index contributed by atoms with van der Waals surface area (Å²) in [7, 11) is 0. The Morgan fingerprint density at radius 3 is 2.70 bits per heavy atom. The standard InChI is InChI=1S/C16H22ClNOS/c1-12-6-8-14(9-7-12)18-16(19)11-20-10-13-4-2-3-5-15(13)17/h2-5,12,14H,6-11H2,1H3,(H,18,19). The first-order valence-electron chi connectivity index (χ1n) is 7.25. The van der Waals surface area contributed by atoms with Crippen molar-refractivity contribution in [3.05, 3.63) is 34.9 Å². The van der Waals surface area contributed by atoms with Crippen LogP contribution in [0.15, 0.2) is 24.3 Å². The normalized spacial score (nSPS) is 22.5. The van der Waals surface area contributed by atoms with Crippen LogP contribution in [0.2, 0.25) is 5.02 Å². The Bertz CT molecular complexity index is 444. The molecule has 1 aromatic rings. The van der Waals surface area contributed by atoms with Gasteiger partial charge in [0.15, 0.2) is 0 Å². The van der Waals surface area contributed by atoms with E-state index in [4.69, 9.17) is 11.6 Å². The van der Waals surface area contributed by atoms with Crippen LogP contribution in [0.25, 0.3) is 0 Å². The van der Waals surface area contributed by atoms with Crippen molar-refractivity contribution >= 4 is 29.3 Å². The molecule has 0 bridgehead atoms. The molecule has 0 atom stereocenters. The molecular weight excluding hydrogens is 290 g/mol. The van der Waals surface area contributed by atoms with Crippen molar-refractivity contribution in [2.45, 2.75) is 44.4 Å². The number of benzene rings is 1. The molecule has 0 saturated heterocycles. The van der Waals surface area contributed by atoms with Crippen LogP contribution in [-0.4, -0.2) is 17.7 Å². The molecule has 0 aliphatic heterocycles. The number of thioether (sulfide) groups is 1. The maximum absolute atomic E-state index is 11.9. The van der Waals surface area contributed by atoms with Crippen LogP contribution in [0.5, 0.6) is 0 Å². The van der Waals surface area contributed by atoms with Gasteiger partial charge in [-0.05, 0) is 43.2 Å². The lowest BCUT2D eigenvalue weighted by Gasteiger charge is -2.26. The molecule has 2 nitrogen and oxygen atoms in total. The number of hydrogen-bond acceptors (Lipinski definition) is 2. The van der Waals surface area contributed by atoms with Crippen LogP contribution < -0.4 is 5.32 Å². The van der Waals surface area contributed by atoms with Crippen LogP contribution in [0.4, 0.5) is 0 Å². The minimum absolute atomic E-state index is 0.154. The Hall–Kier alpha value is -0.670. The fourth-order valence-electron chi connectivity index (χ4n) is 2.54. The minimum atomic E-state index is 0.154. The number of carbonyl (C=O) groups excluding carboxylic acids is 1. The Kier molecular flexibility index (Phi) is 6.24. The Balaban J connectivity index is 1.67. The van der Waals surface area contributed by atoms with Gasteiger partial charge in [0.2, 0.25) is 5.91 Å². The topological polar surface area (TPSA) is 29.1 Å². The second-order valence-electron chi connectivity index (χ2n) is 5.61. The lowest BCUT2D eigenvalue weighted by molar-refractivity contribution is -0.119. The Morgan fingerprint density at radius 2 is 2.00 bits per heavy atom. The summed E-state index contributed by atoms with van der Waals surface area (Å²) in [5.41, 5.74) is 1.10. The van der Waals surface area contributed by atoms with Gasteiger partial charge in [0.25, 0.3) is 0 Å². The molecule has 20 heavy (non-hydrogen) atoms. The van der Waals surface area contributed by atoms with Crippen molar-refractivity contribution in [1.29, 1.82) is 0 Å². The van der Waals surface area contributed by atoms with Gasteiger partial charge in [-0.2, -0.15) is 0 Å². The summed E-state index contributed by atoms with van der Waals surface area (Å²) >= 11 is 7.72. The molecule has 1 aliphatic rings. The molecule has 110 valence electrons. The van der Waals surface area contributed by atoms with Crippen molar-refractivity contribution < 1.29 is 4.79 Å². The molecule has 1 saturated carbocycles. The average molecular weight is 312 g/mol. The summed E-state index contributed by atoms with van der Waals surface area (Å²) in [5, 5.41) is 3.93. The molecule has 1 aliphatic carbocycles. The van der Waals surface area contributed by atoms with Crippen LogP contribution in [-0.2, 0) is 10.5 Å². The van der Waals surface area contributed by atoms with Gasteiger partial charge in [-0.25, -0.2) is 0 Å². The molecule has 0 heterocycles. The maximum Gasteiger partial charge on any atom is 0.230 e. The summed E-state index contributed by atoms with van der Waals surface area (Å²) in [6.07, 6.45) is 4.72. The maximum atomic E-state index is 11.9. The molecule has 1 fully saturated rings. The molecule has 4 heteroatoms. The first-order chi connectivity index (χ1) is 9.65. The van der Waals surface area contributed by atoms with E-state index >= 15 is 0 Å². The molecule has 0 spiro atoms. The highest BCUT2D eigenvalue weighted by Gasteiger charge is 2.19. The third-order valence-corrected chi connectivity index (χ3v) is 5.18. The lowest BCUT2D eigenvalue weighted by atomic mass is 9.87. The van der Waals surface area contributed by atoms with Gasteiger partial charge >= 0.3 is 0 Å². The summed E-state index contributed by atoms with van der Waals surface area (Å²) in [6.45, 7) is 2.29. The third kappa shape index (κ3) is 5.02. The summed E-state index contributed by atoms with van der Waals surface area (Å²) < 4.78 is 0. The lowest BCUT2D eigenvalue weighted by Crippen LogP contribution is -2.38. The molecule has 1 amide bonds. The zero-order chi connectivity index (χ0) is 14.4. The van der Waals surface area contributed by atoms with E-state index in [1.54, 1.807) is 11.8 Å². The molecule has 0 radical (unpaired) electrons. The second kappa shape index (κ2) is 7.94. The molecule has 2 rings (SSSR count). The first kappa shape index (κ1) is 15.7. The highest BCUT2D eigenvalue weighted by molar-refractivity contribution is 7.99. The quantitative estimate of drug-likeness (QED) is 0.880. The number of rotatable bonds is 5. The van der Waals surface area contributed by atoms with Crippen LogP contribution in [0, 0.1) is 5.92 Å². The van der Waals surface area contributed by atoms with Gasteiger partial charge in [0, 0.05) is 16.8 Å². The van der Waals surface area contributed by atoms with Gasteiger partial charge < -0.3 is 5.32 Å². The van der Waals surface area contributed by atoms with Crippen molar-refractivity contribution in [2.24, 2.45) is 5.92 Å². The predicted octanol–water partition coefficient (Wildman–Crippen LogP) is 4.27. The van der Waals surface area contributed by atoms with Gasteiger partial charge in [0.1, 0.15) is 0 Å². The van der Waals surface area contributed by atoms with Crippen molar-refractivity contribution in [1.82, 2.24) is 5.32 Å². The van der Waals surface area contributed by atoms with E-state index in [1.807, 2.05) is 24.3 Å².